The number of carbonyl (C=O) groups is 2. The maximum Gasteiger partial charge on any atom is 0.332 e. The van der Waals surface area contributed by atoms with Gasteiger partial charge in [0.2, 0.25) is 5.91 Å². The summed E-state index contributed by atoms with van der Waals surface area (Å²) in [5.41, 5.74) is 0. The van der Waals surface area contributed by atoms with Crippen molar-refractivity contribution in [2.75, 3.05) is 13.7 Å². The maximum atomic E-state index is 12.2. The van der Waals surface area contributed by atoms with E-state index in [1.165, 1.54) is 7.11 Å². The van der Waals surface area contributed by atoms with Gasteiger partial charge in [-0.1, -0.05) is 6.92 Å². The van der Waals surface area contributed by atoms with Crippen molar-refractivity contribution in [2.45, 2.75) is 44.4 Å². The van der Waals surface area contributed by atoms with Gasteiger partial charge in [0.1, 0.15) is 23.7 Å². The molecule has 3 atom stereocenters. The molecule has 0 saturated carbocycles. The molecule has 1 fully saturated rings. The number of furan rings is 1. The molecule has 2 rings (SSSR count). The van der Waals surface area contributed by atoms with Crippen LogP contribution in [0.2, 0.25) is 0 Å². The maximum absolute atomic E-state index is 12.2. The van der Waals surface area contributed by atoms with Gasteiger partial charge >= 0.3 is 5.97 Å². The lowest BCUT2D eigenvalue weighted by atomic mass is 10.1. The van der Waals surface area contributed by atoms with Crippen molar-refractivity contribution in [3.8, 4) is 0 Å². The lowest BCUT2D eigenvalue weighted by Crippen LogP contribution is -2.39. The van der Waals surface area contributed by atoms with E-state index in [2.05, 4.69) is 5.32 Å². The van der Waals surface area contributed by atoms with E-state index < -0.39 is 24.2 Å². The summed E-state index contributed by atoms with van der Waals surface area (Å²) < 4.78 is 16.0. The van der Waals surface area contributed by atoms with Crippen LogP contribution in [0.4, 0.5) is 0 Å². The number of ether oxygens (including phenoxy) is 2. The lowest BCUT2D eigenvalue weighted by Gasteiger charge is -2.18. The van der Waals surface area contributed by atoms with Crippen LogP contribution in [0.25, 0.3) is 0 Å². The van der Waals surface area contributed by atoms with Crippen molar-refractivity contribution in [1.82, 2.24) is 5.32 Å². The third kappa shape index (κ3) is 3.86. The fourth-order valence-electron chi connectivity index (χ4n) is 2.41. The molecule has 122 valence electrons. The first-order valence-electron chi connectivity index (χ1n) is 7.31. The van der Waals surface area contributed by atoms with Gasteiger partial charge in [0.25, 0.3) is 0 Å². The Labute approximate surface area is 128 Å². The van der Waals surface area contributed by atoms with Crippen LogP contribution in [0, 0.1) is 0 Å². The van der Waals surface area contributed by atoms with E-state index in [-0.39, 0.29) is 12.5 Å². The van der Waals surface area contributed by atoms with Gasteiger partial charge in [-0.15, -0.1) is 0 Å². The molecule has 0 spiro atoms. The first-order valence-corrected chi connectivity index (χ1v) is 7.31. The number of aryl methyl sites for hydroxylation is 1. The molecule has 1 aromatic heterocycles. The fraction of sp³-hybridized carbons (Fsp3) is 0.600. The molecule has 1 unspecified atom stereocenters. The molecule has 1 amide bonds. The summed E-state index contributed by atoms with van der Waals surface area (Å²) in [6.45, 7) is 2.24. The predicted molar refractivity (Wildman–Crippen MR) is 76.4 cm³/mol. The minimum absolute atomic E-state index is 0.261. The second kappa shape index (κ2) is 7.42. The van der Waals surface area contributed by atoms with Gasteiger partial charge < -0.3 is 24.3 Å². The minimum atomic E-state index is -1.04. The molecule has 0 aromatic carbocycles. The zero-order chi connectivity index (χ0) is 16.1. The minimum Gasteiger partial charge on any atom is -0.479 e. The number of carboxylic acids is 1. The summed E-state index contributed by atoms with van der Waals surface area (Å²) in [4.78, 5) is 23.1. The molecule has 7 heteroatoms. The number of hydrogen-bond acceptors (Lipinski definition) is 5. The molecule has 0 aliphatic carbocycles. The molecule has 22 heavy (non-hydrogen) atoms. The van der Waals surface area contributed by atoms with E-state index in [4.69, 9.17) is 19.0 Å². The first kappa shape index (κ1) is 16.5. The van der Waals surface area contributed by atoms with E-state index in [1.54, 1.807) is 6.07 Å². The Bertz CT molecular complexity index is 526. The molecule has 1 aromatic rings. The topological polar surface area (TPSA) is 98.0 Å². The lowest BCUT2D eigenvalue weighted by molar-refractivity contribution is -0.152. The summed E-state index contributed by atoms with van der Waals surface area (Å²) in [6.07, 6.45) is -0.170. The number of amides is 1. The van der Waals surface area contributed by atoms with Crippen molar-refractivity contribution in [3.63, 3.8) is 0 Å². The molecule has 0 radical (unpaired) electrons. The largest absolute Gasteiger partial charge is 0.479 e. The van der Waals surface area contributed by atoms with Crippen LogP contribution in [0.3, 0.4) is 0 Å². The highest BCUT2D eigenvalue weighted by Crippen LogP contribution is 2.22. The molecule has 1 aliphatic heterocycles. The normalized spacial score (nSPS) is 22.5. The van der Waals surface area contributed by atoms with Crippen LogP contribution < -0.4 is 5.32 Å². The summed E-state index contributed by atoms with van der Waals surface area (Å²) in [7, 11) is 1.54. The molecule has 2 N–H and O–H groups in total. The van der Waals surface area contributed by atoms with E-state index in [9.17, 15) is 9.59 Å². The van der Waals surface area contributed by atoms with Crippen molar-refractivity contribution in [1.29, 1.82) is 0 Å². The fourth-order valence-corrected chi connectivity index (χ4v) is 2.41. The van der Waals surface area contributed by atoms with Crippen molar-refractivity contribution in [3.05, 3.63) is 23.7 Å². The van der Waals surface area contributed by atoms with Crippen LogP contribution in [-0.4, -0.2) is 42.9 Å². The second-order valence-corrected chi connectivity index (χ2v) is 5.20. The SMILES string of the molecule is CCc1ccc(C(COC)NC(=O)[C@@H]2CC[C@H](C(=O)O)O2)o1. The smallest absolute Gasteiger partial charge is 0.332 e. The Hall–Kier alpha value is -1.86. The predicted octanol–water partition coefficient (Wildman–Crippen LogP) is 1.28. The first-order chi connectivity index (χ1) is 10.5. The summed E-state index contributed by atoms with van der Waals surface area (Å²) >= 11 is 0. The van der Waals surface area contributed by atoms with Crippen molar-refractivity contribution >= 4 is 11.9 Å². The average Bonchev–Trinajstić information content (AvgIpc) is 3.16. The van der Waals surface area contributed by atoms with E-state index in [1.807, 2.05) is 13.0 Å². The second-order valence-electron chi connectivity index (χ2n) is 5.20. The van der Waals surface area contributed by atoms with Crippen molar-refractivity contribution in [2.24, 2.45) is 0 Å². The van der Waals surface area contributed by atoms with Gasteiger partial charge in [0, 0.05) is 13.5 Å². The summed E-state index contributed by atoms with van der Waals surface area (Å²) in [5.74, 6) is 0.0517. The molecule has 7 nitrogen and oxygen atoms in total. The molecular formula is C15H21NO6. The van der Waals surface area contributed by atoms with Crippen LogP contribution >= 0.6 is 0 Å². The van der Waals surface area contributed by atoms with Crippen LogP contribution in [-0.2, 0) is 25.5 Å². The van der Waals surface area contributed by atoms with E-state index >= 15 is 0 Å². The highest BCUT2D eigenvalue weighted by atomic mass is 16.5. The van der Waals surface area contributed by atoms with Crippen LogP contribution in [0.1, 0.15) is 37.3 Å². The molecule has 2 heterocycles. The van der Waals surface area contributed by atoms with E-state index in [0.717, 1.165) is 12.2 Å². The molecular weight excluding hydrogens is 290 g/mol. The monoisotopic (exact) mass is 311 g/mol. The highest BCUT2D eigenvalue weighted by Gasteiger charge is 2.35. The quantitative estimate of drug-likeness (QED) is 0.787. The van der Waals surface area contributed by atoms with Gasteiger partial charge in [-0.2, -0.15) is 0 Å². The zero-order valence-electron chi connectivity index (χ0n) is 12.7. The number of carboxylic acid groups (broad SMARTS) is 1. The van der Waals surface area contributed by atoms with E-state index in [0.29, 0.717) is 18.6 Å². The van der Waals surface area contributed by atoms with Gasteiger partial charge in [-0.05, 0) is 25.0 Å². The number of methoxy groups -OCH3 is 1. The Balaban J connectivity index is 1.98. The van der Waals surface area contributed by atoms with Crippen LogP contribution in [0.5, 0.6) is 0 Å². The Morgan fingerprint density at radius 3 is 2.68 bits per heavy atom. The van der Waals surface area contributed by atoms with Gasteiger partial charge in [0.15, 0.2) is 6.10 Å². The van der Waals surface area contributed by atoms with Crippen molar-refractivity contribution < 1.29 is 28.6 Å². The summed E-state index contributed by atoms with van der Waals surface area (Å²) in [6, 6.07) is 3.24. The standard InChI is InChI=1S/C15H21NO6/c1-3-9-4-5-11(21-9)10(8-20-2)16-14(17)12-6-7-13(22-12)15(18)19/h4-5,10,12-13H,3,6-8H2,1-2H3,(H,16,17)(H,18,19)/t10?,12-,13+/m0/s1. The molecule has 1 saturated heterocycles. The van der Waals surface area contributed by atoms with Crippen LogP contribution in [0.15, 0.2) is 16.5 Å². The number of carbonyl (C=O) groups excluding carboxylic acids is 1. The Morgan fingerprint density at radius 1 is 1.41 bits per heavy atom. The van der Waals surface area contributed by atoms with Gasteiger partial charge in [-0.25, -0.2) is 4.79 Å². The molecule has 1 aliphatic rings. The van der Waals surface area contributed by atoms with Gasteiger partial charge in [-0.3, -0.25) is 4.79 Å². The third-order valence-electron chi connectivity index (χ3n) is 3.61. The number of hydrogen-bond donors (Lipinski definition) is 2. The zero-order valence-corrected chi connectivity index (χ0v) is 12.7. The number of nitrogens with one attached hydrogen (secondary N) is 1. The Morgan fingerprint density at radius 2 is 2.14 bits per heavy atom. The van der Waals surface area contributed by atoms with Gasteiger partial charge in [0.05, 0.1) is 6.61 Å². The highest BCUT2D eigenvalue weighted by molar-refractivity contribution is 5.82. The summed E-state index contributed by atoms with van der Waals surface area (Å²) in [5, 5.41) is 11.7. The average molecular weight is 311 g/mol. The number of rotatable bonds is 7. The number of aliphatic carboxylic acids is 1. The molecule has 0 bridgehead atoms. The Kier molecular flexibility index (Phi) is 5.57. The third-order valence-corrected chi connectivity index (χ3v) is 3.61.